The van der Waals surface area contributed by atoms with E-state index in [-0.39, 0.29) is 5.46 Å². The predicted octanol–water partition coefficient (Wildman–Crippen LogP) is 0.785. The monoisotopic (exact) mass is 256 g/mol. The molecule has 0 heterocycles. The zero-order valence-electron chi connectivity index (χ0n) is 10.9. The van der Waals surface area contributed by atoms with Crippen molar-refractivity contribution >= 4 is 12.6 Å². The zero-order chi connectivity index (χ0) is 14.1. The molecule has 0 bridgehead atoms. The molecule has 0 saturated carbocycles. The first-order chi connectivity index (χ1) is 8.06. The molecule has 1 aromatic rings. The third-order valence-corrected chi connectivity index (χ3v) is 3.16. The SMILES string of the molecule is CC(C)(O)C(C)(C)OB(O)c1c(O)cccc1F. The van der Waals surface area contributed by atoms with Crippen molar-refractivity contribution in [2.75, 3.05) is 0 Å². The summed E-state index contributed by atoms with van der Waals surface area (Å²) < 4.78 is 18.8. The van der Waals surface area contributed by atoms with Gasteiger partial charge in [-0.2, -0.15) is 0 Å². The number of phenolic OH excluding ortho intramolecular Hbond substituents is 1. The molecule has 0 radical (unpaired) electrons. The van der Waals surface area contributed by atoms with E-state index in [1.165, 1.54) is 26.0 Å². The summed E-state index contributed by atoms with van der Waals surface area (Å²) in [7, 11) is -1.66. The van der Waals surface area contributed by atoms with Crippen molar-refractivity contribution in [2.24, 2.45) is 0 Å². The van der Waals surface area contributed by atoms with E-state index in [2.05, 4.69) is 0 Å². The van der Waals surface area contributed by atoms with E-state index in [9.17, 15) is 19.6 Å². The highest BCUT2D eigenvalue weighted by Gasteiger charge is 2.40. The van der Waals surface area contributed by atoms with Crippen LogP contribution in [0.4, 0.5) is 4.39 Å². The van der Waals surface area contributed by atoms with Gasteiger partial charge in [-0.3, -0.25) is 0 Å². The molecule has 4 nitrogen and oxygen atoms in total. The second-order valence-corrected chi connectivity index (χ2v) is 5.21. The number of halogens is 1. The number of aromatic hydroxyl groups is 1. The Morgan fingerprint density at radius 1 is 1.22 bits per heavy atom. The second-order valence-electron chi connectivity index (χ2n) is 5.21. The molecule has 100 valence electrons. The molecule has 18 heavy (non-hydrogen) atoms. The summed E-state index contributed by atoms with van der Waals surface area (Å²) in [5, 5.41) is 29.3. The van der Waals surface area contributed by atoms with E-state index in [0.717, 1.165) is 6.07 Å². The van der Waals surface area contributed by atoms with Crippen molar-refractivity contribution in [1.82, 2.24) is 0 Å². The first kappa shape index (κ1) is 15.0. The van der Waals surface area contributed by atoms with Crippen molar-refractivity contribution in [3.8, 4) is 5.75 Å². The molecule has 1 aromatic carbocycles. The lowest BCUT2D eigenvalue weighted by Gasteiger charge is -2.38. The van der Waals surface area contributed by atoms with Crippen LogP contribution in [0.15, 0.2) is 18.2 Å². The molecule has 0 aliphatic heterocycles. The maximum atomic E-state index is 13.5. The van der Waals surface area contributed by atoms with E-state index >= 15 is 0 Å². The third kappa shape index (κ3) is 3.01. The Labute approximate surface area is 106 Å². The van der Waals surface area contributed by atoms with Crippen LogP contribution in [0.2, 0.25) is 0 Å². The average Bonchev–Trinajstić information content (AvgIpc) is 2.14. The molecule has 0 spiro atoms. The van der Waals surface area contributed by atoms with Crippen molar-refractivity contribution in [1.29, 1.82) is 0 Å². The minimum Gasteiger partial charge on any atom is -0.508 e. The fraction of sp³-hybridized carbons (Fsp3) is 0.500. The molecule has 0 amide bonds. The average molecular weight is 256 g/mol. The first-order valence-corrected chi connectivity index (χ1v) is 5.62. The maximum absolute atomic E-state index is 13.5. The van der Waals surface area contributed by atoms with Gasteiger partial charge in [-0.15, -0.1) is 0 Å². The Morgan fingerprint density at radius 3 is 2.22 bits per heavy atom. The number of benzene rings is 1. The van der Waals surface area contributed by atoms with Gasteiger partial charge in [-0.05, 0) is 39.8 Å². The molecule has 0 unspecified atom stereocenters. The minimum atomic E-state index is -1.66. The van der Waals surface area contributed by atoms with E-state index in [1.54, 1.807) is 13.8 Å². The number of rotatable bonds is 4. The van der Waals surface area contributed by atoms with Crippen LogP contribution in [0.3, 0.4) is 0 Å². The molecule has 0 atom stereocenters. The van der Waals surface area contributed by atoms with Gasteiger partial charge < -0.3 is 19.9 Å². The normalized spacial score (nSPS) is 12.6. The van der Waals surface area contributed by atoms with Crippen LogP contribution >= 0.6 is 0 Å². The number of hydrogen-bond donors (Lipinski definition) is 3. The van der Waals surface area contributed by atoms with Gasteiger partial charge in [0.1, 0.15) is 11.6 Å². The van der Waals surface area contributed by atoms with Crippen LogP contribution < -0.4 is 5.46 Å². The molecule has 1 rings (SSSR count). The number of phenols is 1. The fourth-order valence-corrected chi connectivity index (χ4v) is 1.25. The summed E-state index contributed by atoms with van der Waals surface area (Å²) in [6, 6.07) is 3.68. The Hall–Kier alpha value is -1.11. The first-order valence-electron chi connectivity index (χ1n) is 5.62. The van der Waals surface area contributed by atoms with Crippen LogP contribution in [-0.4, -0.2) is 33.6 Å². The summed E-state index contributed by atoms with van der Waals surface area (Å²) in [5.41, 5.74) is -2.70. The maximum Gasteiger partial charge on any atom is 0.498 e. The van der Waals surface area contributed by atoms with Crippen molar-refractivity contribution < 1.29 is 24.3 Å². The fourth-order valence-electron chi connectivity index (χ4n) is 1.25. The Kier molecular flexibility index (Phi) is 4.05. The van der Waals surface area contributed by atoms with Crippen LogP contribution in [0, 0.1) is 5.82 Å². The number of hydrogen-bond acceptors (Lipinski definition) is 4. The highest BCUT2D eigenvalue weighted by atomic mass is 19.1. The topological polar surface area (TPSA) is 69.9 Å². The zero-order valence-corrected chi connectivity index (χ0v) is 10.9. The summed E-state index contributed by atoms with van der Waals surface area (Å²) in [6.07, 6.45) is 0. The minimum absolute atomic E-state index is 0.338. The summed E-state index contributed by atoms with van der Waals surface area (Å²) >= 11 is 0. The lowest BCUT2D eigenvalue weighted by Crippen LogP contribution is -2.53. The van der Waals surface area contributed by atoms with Gasteiger partial charge in [-0.25, -0.2) is 4.39 Å². The van der Waals surface area contributed by atoms with Gasteiger partial charge in [0.25, 0.3) is 0 Å². The van der Waals surface area contributed by atoms with Crippen LogP contribution in [0.25, 0.3) is 0 Å². The van der Waals surface area contributed by atoms with Crippen LogP contribution in [0.5, 0.6) is 5.75 Å². The van der Waals surface area contributed by atoms with Crippen molar-refractivity contribution in [3.63, 3.8) is 0 Å². The number of aliphatic hydroxyl groups is 1. The van der Waals surface area contributed by atoms with Gasteiger partial charge >= 0.3 is 7.12 Å². The smallest absolute Gasteiger partial charge is 0.498 e. The molecular weight excluding hydrogens is 238 g/mol. The molecule has 0 aliphatic rings. The van der Waals surface area contributed by atoms with Crippen molar-refractivity contribution in [2.45, 2.75) is 38.9 Å². The molecule has 0 aliphatic carbocycles. The molecular formula is C12H18BFO4. The van der Waals surface area contributed by atoms with Gasteiger partial charge in [0, 0.05) is 0 Å². The predicted molar refractivity (Wildman–Crippen MR) is 67.1 cm³/mol. The van der Waals surface area contributed by atoms with E-state index in [0.29, 0.717) is 0 Å². The van der Waals surface area contributed by atoms with Crippen molar-refractivity contribution in [3.05, 3.63) is 24.0 Å². The Balaban J connectivity index is 3.00. The van der Waals surface area contributed by atoms with E-state index in [1.807, 2.05) is 0 Å². The van der Waals surface area contributed by atoms with Gasteiger partial charge in [0.2, 0.25) is 0 Å². The molecule has 0 saturated heterocycles. The highest BCUT2D eigenvalue weighted by Crippen LogP contribution is 2.26. The summed E-state index contributed by atoms with van der Waals surface area (Å²) in [5.74, 6) is -1.16. The quantitative estimate of drug-likeness (QED) is 0.696. The van der Waals surface area contributed by atoms with Crippen LogP contribution in [-0.2, 0) is 4.65 Å². The molecule has 0 fully saturated rings. The van der Waals surface area contributed by atoms with Gasteiger partial charge in [-0.1, -0.05) is 6.07 Å². The Morgan fingerprint density at radius 2 is 1.78 bits per heavy atom. The van der Waals surface area contributed by atoms with Gasteiger partial charge in [0.15, 0.2) is 0 Å². The van der Waals surface area contributed by atoms with Gasteiger partial charge in [0.05, 0.1) is 16.7 Å². The second kappa shape index (κ2) is 4.88. The molecule has 0 aromatic heterocycles. The van der Waals surface area contributed by atoms with E-state index < -0.39 is 29.9 Å². The lowest BCUT2D eigenvalue weighted by atomic mass is 9.75. The van der Waals surface area contributed by atoms with E-state index in [4.69, 9.17) is 4.65 Å². The summed E-state index contributed by atoms with van der Waals surface area (Å²) in [6.45, 7) is 6.16. The highest BCUT2D eigenvalue weighted by molar-refractivity contribution is 6.61. The largest absolute Gasteiger partial charge is 0.508 e. The van der Waals surface area contributed by atoms with Crippen LogP contribution in [0.1, 0.15) is 27.7 Å². The standard InChI is InChI=1S/C12H18BFO4/c1-11(2,16)12(3,4)18-13(17)10-8(14)6-5-7-9(10)15/h5-7,15-17H,1-4H3. The summed E-state index contributed by atoms with van der Waals surface area (Å²) in [4.78, 5) is 0. The Bertz CT molecular complexity index is 408. The lowest BCUT2D eigenvalue weighted by molar-refractivity contribution is -0.0983. The molecule has 6 heteroatoms. The molecule has 3 N–H and O–H groups in total. The third-order valence-electron chi connectivity index (χ3n) is 3.16.